The Balaban J connectivity index is 0.00000312. The molecule has 6 nitrogen and oxygen atoms in total. The van der Waals surface area contributed by atoms with E-state index >= 15 is 0 Å². The number of benzene rings is 2. The number of methoxy groups -OCH3 is 2. The SMILES string of the molecule is COc1cccc(C=NCCN=Cc2cccc(OC)c2O)c1O.[Co+2]. The number of aliphatic imine (C=N–C) groups is 2. The Kier molecular flexibility index (Phi) is 8.52. The summed E-state index contributed by atoms with van der Waals surface area (Å²) in [5, 5.41) is 19.9. The topological polar surface area (TPSA) is 83.6 Å². The minimum atomic E-state index is 0. The minimum absolute atomic E-state index is 0. The molecule has 2 N–H and O–H groups in total. The zero-order valence-electron chi connectivity index (χ0n) is 14.0. The van der Waals surface area contributed by atoms with Gasteiger partial charge in [-0.2, -0.15) is 0 Å². The number of phenolic OH excluding ortho intramolecular Hbond substituents is 2. The maximum absolute atomic E-state index is 9.93. The Hall–Kier alpha value is -2.51. The zero-order valence-corrected chi connectivity index (χ0v) is 15.0. The first-order chi connectivity index (χ1) is 11.7. The maximum Gasteiger partial charge on any atom is 2.00 e. The second kappa shape index (κ2) is 10.4. The maximum atomic E-state index is 9.93. The molecule has 0 aromatic heterocycles. The number of rotatable bonds is 7. The average molecular weight is 387 g/mol. The summed E-state index contributed by atoms with van der Waals surface area (Å²) in [5.74, 6) is 0.943. The van der Waals surface area contributed by atoms with Gasteiger partial charge in [0.2, 0.25) is 0 Å². The molecule has 2 rings (SSSR count). The van der Waals surface area contributed by atoms with Crippen LogP contribution in [0.25, 0.3) is 0 Å². The molecule has 0 atom stereocenters. The molecular formula is C18H20CoN2O4+2. The van der Waals surface area contributed by atoms with Crippen molar-refractivity contribution in [3.63, 3.8) is 0 Å². The number of hydrogen-bond donors (Lipinski definition) is 2. The van der Waals surface area contributed by atoms with Gasteiger partial charge in [-0.05, 0) is 24.3 Å². The van der Waals surface area contributed by atoms with E-state index in [-0.39, 0.29) is 28.3 Å². The van der Waals surface area contributed by atoms with Crippen molar-refractivity contribution in [2.24, 2.45) is 9.98 Å². The van der Waals surface area contributed by atoms with Gasteiger partial charge in [-0.15, -0.1) is 0 Å². The normalized spacial score (nSPS) is 10.8. The Morgan fingerprint density at radius 3 is 1.56 bits per heavy atom. The average Bonchev–Trinajstić information content (AvgIpc) is 2.60. The Labute approximate surface area is 157 Å². The van der Waals surface area contributed by atoms with Gasteiger partial charge in [0.05, 0.1) is 27.3 Å². The number of aromatic hydroxyl groups is 2. The van der Waals surface area contributed by atoms with Crippen LogP contribution in [0, 0.1) is 0 Å². The van der Waals surface area contributed by atoms with E-state index < -0.39 is 0 Å². The van der Waals surface area contributed by atoms with Gasteiger partial charge in [0.1, 0.15) is 0 Å². The molecule has 0 bridgehead atoms. The van der Waals surface area contributed by atoms with Crippen molar-refractivity contribution >= 4 is 12.4 Å². The van der Waals surface area contributed by atoms with Crippen molar-refractivity contribution in [2.75, 3.05) is 27.3 Å². The summed E-state index contributed by atoms with van der Waals surface area (Å²) in [6.07, 6.45) is 3.16. The van der Waals surface area contributed by atoms with Crippen molar-refractivity contribution in [3.05, 3.63) is 47.5 Å². The molecule has 7 heteroatoms. The van der Waals surface area contributed by atoms with Gasteiger partial charge in [0.15, 0.2) is 23.0 Å². The van der Waals surface area contributed by atoms with E-state index in [0.29, 0.717) is 35.7 Å². The molecule has 0 saturated heterocycles. The molecule has 0 aliphatic carbocycles. The molecule has 0 heterocycles. The second-order valence-corrected chi connectivity index (χ2v) is 4.87. The minimum Gasteiger partial charge on any atom is -0.504 e. The van der Waals surface area contributed by atoms with Crippen LogP contribution in [0.15, 0.2) is 46.4 Å². The van der Waals surface area contributed by atoms with Crippen molar-refractivity contribution in [1.29, 1.82) is 0 Å². The van der Waals surface area contributed by atoms with Crippen LogP contribution >= 0.6 is 0 Å². The summed E-state index contributed by atoms with van der Waals surface area (Å²) in [6, 6.07) is 10.4. The van der Waals surface area contributed by atoms with Gasteiger partial charge in [-0.3, -0.25) is 9.98 Å². The summed E-state index contributed by atoms with van der Waals surface area (Å²) in [7, 11) is 3.00. The van der Waals surface area contributed by atoms with Crippen LogP contribution in [0.1, 0.15) is 11.1 Å². The summed E-state index contributed by atoms with van der Waals surface area (Å²) in [6.45, 7) is 0.912. The third-order valence-electron chi connectivity index (χ3n) is 3.32. The molecule has 0 spiro atoms. The molecule has 1 radical (unpaired) electrons. The Bertz CT molecular complexity index is 684. The van der Waals surface area contributed by atoms with E-state index in [1.807, 2.05) is 0 Å². The number of nitrogens with zero attached hydrogens (tertiary/aromatic N) is 2. The number of ether oxygens (including phenoxy) is 2. The number of hydrogen-bond acceptors (Lipinski definition) is 6. The van der Waals surface area contributed by atoms with E-state index in [9.17, 15) is 10.2 Å². The van der Waals surface area contributed by atoms with Crippen LogP contribution in [-0.2, 0) is 16.8 Å². The van der Waals surface area contributed by atoms with Gasteiger partial charge in [-0.1, -0.05) is 12.1 Å². The van der Waals surface area contributed by atoms with Gasteiger partial charge in [-0.25, -0.2) is 0 Å². The number of phenols is 2. The molecule has 25 heavy (non-hydrogen) atoms. The predicted octanol–water partition coefficient (Wildman–Crippen LogP) is 2.65. The fourth-order valence-electron chi connectivity index (χ4n) is 2.06. The summed E-state index contributed by atoms with van der Waals surface area (Å²) >= 11 is 0. The van der Waals surface area contributed by atoms with Crippen LogP contribution in [0.2, 0.25) is 0 Å². The summed E-state index contributed by atoms with van der Waals surface area (Å²) in [5.41, 5.74) is 1.17. The Morgan fingerprint density at radius 2 is 1.20 bits per heavy atom. The fourth-order valence-corrected chi connectivity index (χ4v) is 2.06. The Morgan fingerprint density at radius 1 is 0.800 bits per heavy atom. The molecule has 2 aromatic carbocycles. The molecule has 0 unspecified atom stereocenters. The van der Waals surface area contributed by atoms with E-state index in [0.717, 1.165) is 0 Å². The van der Waals surface area contributed by atoms with Crippen LogP contribution in [0.3, 0.4) is 0 Å². The monoisotopic (exact) mass is 387 g/mol. The van der Waals surface area contributed by atoms with Gasteiger partial charge in [0, 0.05) is 23.6 Å². The summed E-state index contributed by atoms with van der Waals surface area (Å²) in [4.78, 5) is 8.45. The van der Waals surface area contributed by atoms with Gasteiger partial charge < -0.3 is 19.7 Å². The smallest absolute Gasteiger partial charge is 0.504 e. The van der Waals surface area contributed by atoms with Gasteiger partial charge in [0.25, 0.3) is 0 Å². The molecule has 133 valence electrons. The van der Waals surface area contributed by atoms with Crippen molar-refractivity contribution < 1.29 is 36.5 Å². The molecule has 0 aliphatic heterocycles. The summed E-state index contributed by atoms with van der Waals surface area (Å²) < 4.78 is 10.1. The van der Waals surface area contributed by atoms with Gasteiger partial charge >= 0.3 is 16.8 Å². The standard InChI is InChI=1S/C18H20N2O4.Co/c1-23-15-7-3-5-13(17(15)21)11-19-9-10-20-12-14-6-4-8-16(24-2)18(14)22;/h3-8,11-12,21-22H,9-10H2,1-2H3;/q;+2. The predicted molar refractivity (Wildman–Crippen MR) is 94.2 cm³/mol. The van der Waals surface area contributed by atoms with Crippen LogP contribution in [0.4, 0.5) is 0 Å². The van der Waals surface area contributed by atoms with E-state index in [4.69, 9.17) is 9.47 Å². The van der Waals surface area contributed by atoms with E-state index in [1.165, 1.54) is 14.2 Å². The first kappa shape index (κ1) is 20.5. The van der Waals surface area contributed by atoms with Crippen molar-refractivity contribution in [1.82, 2.24) is 0 Å². The zero-order chi connectivity index (χ0) is 17.4. The largest absolute Gasteiger partial charge is 2.00 e. The van der Waals surface area contributed by atoms with Crippen molar-refractivity contribution in [3.8, 4) is 23.0 Å². The quantitative estimate of drug-likeness (QED) is 0.565. The third kappa shape index (κ3) is 5.51. The van der Waals surface area contributed by atoms with Crippen LogP contribution in [-0.4, -0.2) is 50.0 Å². The third-order valence-corrected chi connectivity index (χ3v) is 3.32. The molecular weight excluding hydrogens is 367 g/mol. The first-order valence-electron chi connectivity index (χ1n) is 7.39. The van der Waals surface area contributed by atoms with Crippen molar-refractivity contribution in [2.45, 2.75) is 0 Å². The molecule has 0 saturated carbocycles. The number of para-hydroxylation sites is 2. The van der Waals surface area contributed by atoms with Crippen LogP contribution < -0.4 is 9.47 Å². The molecule has 0 amide bonds. The fraction of sp³-hybridized carbons (Fsp3) is 0.222. The van der Waals surface area contributed by atoms with E-state index in [1.54, 1.807) is 48.8 Å². The molecule has 2 aromatic rings. The second-order valence-electron chi connectivity index (χ2n) is 4.87. The van der Waals surface area contributed by atoms with Crippen LogP contribution in [0.5, 0.6) is 23.0 Å². The first-order valence-corrected chi connectivity index (χ1v) is 7.39. The molecule has 0 fully saturated rings. The molecule has 0 aliphatic rings. The van der Waals surface area contributed by atoms with E-state index in [2.05, 4.69) is 9.98 Å².